The average molecular weight is 243 g/mol. The fraction of sp³-hybridized carbons (Fsp3) is 0.917. The summed E-state index contributed by atoms with van der Waals surface area (Å²) in [5.41, 5.74) is -0.940. The van der Waals surface area contributed by atoms with Crippen molar-refractivity contribution in [2.75, 3.05) is 19.8 Å². The largest absolute Gasteiger partial charge is 0.444 e. The first-order valence-corrected chi connectivity index (χ1v) is 6.12. The molecule has 0 aromatic carbocycles. The summed E-state index contributed by atoms with van der Waals surface area (Å²) >= 11 is 0. The minimum Gasteiger partial charge on any atom is -0.444 e. The van der Waals surface area contributed by atoms with Gasteiger partial charge in [0.05, 0.1) is 18.2 Å². The zero-order chi connectivity index (χ0) is 12.7. The lowest BCUT2D eigenvalue weighted by atomic mass is 9.76. The van der Waals surface area contributed by atoms with E-state index in [-0.39, 0.29) is 6.09 Å². The third kappa shape index (κ3) is 2.26. The predicted molar refractivity (Wildman–Crippen MR) is 61.7 cm³/mol. The van der Waals surface area contributed by atoms with Crippen LogP contribution < -0.4 is 0 Å². The zero-order valence-corrected chi connectivity index (χ0v) is 10.7. The highest BCUT2D eigenvalue weighted by molar-refractivity contribution is 5.71. The van der Waals surface area contributed by atoms with Gasteiger partial charge in [-0.15, -0.1) is 0 Å². The first kappa shape index (κ1) is 12.6. The van der Waals surface area contributed by atoms with Gasteiger partial charge in [0.15, 0.2) is 0 Å². The molecule has 1 N–H and O–H groups in total. The van der Waals surface area contributed by atoms with Crippen molar-refractivity contribution in [1.82, 2.24) is 4.90 Å². The van der Waals surface area contributed by atoms with E-state index in [0.717, 1.165) is 0 Å². The van der Waals surface area contributed by atoms with Crippen LogP contribution in [0.25, 0.3) is 0 Å². The van der Waals surface area contributed by atoms with E-state index in [2.05, 4.69) is 0 Å². The molecule has 17 heavy (non-hydrogen) atoms. The van der Waals surface area contributed by atoms with Crippen LogP contribution in [-0.2, 0) is 9.47 Å². The summed E-state index contributed by atoms with van der Waals surface area (Å²) in [6, 6.07) is 0. The van der Waals surface area contributed by atoms with E-state index in [1.165, 1.54) is 0 Å². The molecule has 0 radical (unpaired) electrons. The monoisotopic (exact) mass is 243 g/mol. The highest BCUT2D eigenvalue weighted by Crippen LogP contribution is 2.40. The summed E-state index contributed by atoms with van der Waals surface area (Å²) in [6.07, 6.45) is 0.601. The van der Waals surface area contributed by atoms with Gasteiger partial charge in [-0.3, -0.25) is 4.90 Å². The Morgan fingerprint density at radius 2 is 2.00 bits per heavy atom. The summed E-state index contributed by atoms with van der Waals surface area (Å²) in [5, 5.41) is 9.94. The Morgan fingerprint density at radius 3 is 2.47 bits per heavy atom. The van der Waals surface area contributed by atoms with Crippen LogP contribution in [0.4, 0.5) is 4.79 Å². The van der Waals surface area contributed by atoms with Crippen LogP contribution in [-0.4, -0.2) is 53.1 Å². The normalized spacial score (nSPS) is 27.8. The third-order valence-electron chi connectivity index (χ3n) is 3.49. The van der Waals surface area contributed by atoms with E-state index in [9.17, 15) is 9.90 Å². The first-order valence-electron chi connectivity index (χ1n) is 6.12. The van der Waals surface area contributed by atoms with Gasteiger partial charge >= 0.3 is 6.09 Å². The van der Waals surface area contributed by atoms with Crippen LogP contribution in [0.15, 0.2) is 0 Å². The Labute approximate surface area is 102 Å². The highest BCUT2D eigenvalue weighted by atomic mass is 16.6. The van der Waals surface area contributed by atoms with Crippen LogP contribution in [0.1, 0.15) is 33.6 Å². The number of β-amino-alcohol motifs (C(OH)–C–C–N with tert-alkyl or cyclic N) is 1. The molecule has 1 spiro atoms. The lowest BCUT2D eigenvalue weighted by molar-refractivity contribution is -0.166. The minimum atomic E-state index is -0.496. The molecule has 2 aliphatic heterocycles. The molecule has 2 rings (SSSR count). The van der Waals surface area contributed by atoms with Gasteiger partial charge in [-0.05, 0) is 33.6 Å². The molecule has 1 atom stereocenters. The number of aliphatic hydroxyl groups is 1. The number of hydrogen-bond acceptors (Lipinski definition) is 4. The number of hydrogen-bond donors (Lipinski definition) is 1. The molecule has 0 aromatic heterocycles. The molecule has 2 heterocycles. The van der Waals surface area contributed by atoms with E-state index in [4.69, 9.17) is 9.47 Å². The molecule has 0 aliphatic carbocycles. The second-order valence-corrected chi connectivity index (χ2v) is 5.82. The van der Waals surface area contributed by atoms with Gasteiger partial charge in [0.1, 0.15) is 5.60 Å². The Morgan fingerprint density at radius 1 is 1.41 bits per heavy atom. The molecule has 2 saturated heterocycles. The van der Waals surface area contributed by atoms with Crippen LogP contribution in [0.3, 0.4) is 0 Å². The van der Waals surface area contributed by atoms with Crippen molar-refractivity contribution in [2.24, 2.45) is 0 Å². The molecule has 5 nitrogen and oxygen atoms in total. The second kappa shape index (κ2) is 4.14. The van der Waals surface area contributed by atoms with Gasteiger partial charge in [0, 0.05) is 13.2 Å². The average Bonchev–Trinajstić information content (AvgIpc) is 2.24. The standard InChI is InChI=1S/C12H21NO4/c1-11(2,3)17-10(15)13-8-9(14)12(13)4-6-16-7-5-12/h9,14H,4-8H2,1-3H3. The number of nitrogens with zero attached hydrogens (tertiary/aromatic N) is 1. The lowest BCUT2D eigenvalue weighted by Gasteiger charge is -2.57. The number of aliphatic hydroxyl groups excluding tert-OH is 1. The maximum atomic E-state index is 12.0. The van der Waals surface area contributed by atoms with Crippen LogP contribution in [0.5, 0.6) is 0 Å². The summed E-state index contributed by atoms with van der Waals surface area (Å²) in [6.45, 7) is 7.09. The zero-order valence-electron chi connectivity index (χ0n) is 10.7. The van der Waals surface area contributed by atoms with Crippen molar-refractivity contribution in [3.63, 3.8) is 0 Å². The minimum absolute atomic E-state index is 0.329. The van der Waals surface area contributed by atoms with Crippen molar-refractivity contribution < 1.29 is 19.4 Å². The van der Waals surface area contributed by atoms with E-state index in [1.807, 2.05) is 20.8 Å². The Bertz CT molecular complexity index is 304. The molecule has 2 fully saturated rings. The van der Waals surface area contributed by atoms with Crippen LogP contribution >= 0.6 is 0 Å². The Kier molecular flexibility index (Phi) is 3.08. The molecular weight excluding hydrogens is 222 g/mol. The Hall–Kier alpha value is -0.810. The van der Waals surface area contributed by atoms with Gasteiger partial charge in [-0.2, -0.15) is 0 Å². The number of carbonyl (C=O) groups excluding carboxylic acids is 1. The number of carbonyl (C=O) groups is 1. The van der Waals surface area contributed by atoms with E-state index >= 15 is 0 Å². The quantitative estimate of drug-likeness (QED) is 0.693. The van der Waals surface area contributed by atoms with Crippen molar-refractivity contribution in [3.05, 3.63) is 0 Å². The maximum absolute atomic E-state index is 12.0. The molecule has 0 aromatic rings. The highest BCUT2D eigenvalue weighted by Gasteiger charge is 2.56. The number of rotatable bonds is 0. The fourth-order valence-corrected chi connectivity index (χ4v) is 2.49. The third-order valence-corrected chi connectivity index (χ3v) is 3.49. The molecule has 0 bridgehead atoms. The molecule has 1 unspecified atom stereocenters. The van der Waals surface area contributed by atoms with Gasteiger partial charge in [0.25, 0.3) is 0 Å². The van der Waals surface area contributed by atoms with Gasteiger partial charge in [0.2, 0.25) is 0 Å². The maximum Gasteiger partial charge on any atom is 0.410 e. The SMILES string of the molecule is CC(C)(C)OC(=O)N1CC(O)C12CCOCC2. The van der Waals surface area contributed by atoms with E-state index in [1.54, 1.807) is 4.90 Å². The summed E-state index contributed by atoms with van der Waals surface area (Å²) < 4.78 is 10.6. The van der Waals surface area contributed by atoms with Crippen molar-refractivity contribution in [3.8, 4) is 0 Å². The molecule has 0 saturated carbocycles. The topological polar surface area (TPSA) is 59.0 Å². The lowest BCUT2D eigenvalue weighted by Crippen LogP contribution is -2.74. The van der Waals surface area contributed by atoms with Crippen LogP contribution in [0.2, 0.25) is 0 Å². The predicted octanol–water partition coefficient (Wildman–Crippen LogP) is 1.15. The van der Waals surface area contributed by atoms with Gasteiger partial charge in [-0.25, -0.2) is 4.79 Å². The van der Waals surface area contributed by atoms with Gasteiger partial charge < -0.3 is 14.6 Å². The number of likely N-dealkylation sites (tertiary alicyclic amines) is 1. The van der Waals surface area contributed by atoms with Gasteiger partial charge in [-0.1, -0.05) is 0 Å². The molecule has 2 aliphatic rings. The molecule has 5 heteroatoms. The fourth-order valence-electron chi connectivity index (χ4n) is 2.49. The summed E-state index contributed by atoms with van der Waals surface area (Å²) in [5.74, 6) is 0. The number of amides is 1. The van der Waals surface area contributed by atoms with E-state index < -0.39 is 17.2 Å². The molecule has 98 valence electrons. The van der Waals surface area contributed by atoms with Crippen molar-refractivity contribution in [1.29, 1.82) is 0 Å². The summed E-state index contributed by atoms with van der Waals surface area (Å²) in [4.78, 5) is 13.7. The second-order valence-electron chi connectivity index (χ2n) is 5.82. The molecule has 1 amide bonds. The van der Waals surface area contributed by atoms with E-state index in [0.29, 0.717) is 32.6 Å². The Balaban J connectivity index is 2.04. The van der Waals surface area contributed by atoms with Crippen molar-refractivity contribution in [2.45, 2.75) is 50.9 Å². The first-order chi connectivity index (χ1) is 7.85. The molecular formula is C12H21NO4. The van der Waals surface area contributed by atoms with Crippen molar-refractivity contribution >= 4 is 6.09 Å². The summed E-state index contributed by atoms with van der Waals surface area (Å²) in [7, 11) is 0. The van der Waals surface area contributed by atoms with Crippen LogP contribution in [0, 0.1) is 0 Å². The number of ether oxygens (including phenoxy) is 2. The smallest absolute Gasteiger partial charge is 0.410 e.